The van der Waals surface area contributed by atoms with E-state index in [2.05, 4.69) is 41.8 Å². The quantitative estimate of drug-likeness (QED) is 0.579. The molecule has 0 aliphatic carbocycles. The number of likely N-dealkylation sites (N-methyl/N-ethyl adjacent to an activating group) is 1. The third-order valence-electron chi connectivity index (χ3n) is 2.48. The molecule has 0 amide bonds. The molecule has 0 radical (unpaired) electrons. The molecule has 0 aliphatic heterocycles. The number of aromatic nitrogens is 1. The summed E-state index contributed by atoms with van der Waals surface area (Å²) in [7, 11) is 2.06. The van der Waals surface area contributed by atoms with E-state index in [4.69, 9.17) is 0 Å². The maximum absolute atomic E-state index is 4.46. The van der Waals surface area contributed by atoms with Gasteiger partial charge in [-0.25, -0.2) is 4.98 Å². The zero-order valence-corrected chi connectivity index (χ0v) is 11.2. The highest BCUT2D eigenvalue weighted by atomic mass is 15.2. The van der Waals surface area contributed by atoms with Gasteiger partial charge in [-0.05, 0) is 26.0 Å². The minimum absolute atomic E-state index is 0.845. The lowest BCUT2D eigenvalue weighted by Crippen LogP contribution is -2.23. The molecule has 0 atom stereocenters. The predicted molar refractivity (Wildman–Crippen MR) is 74.3 cm³/mol. The van der Waals surface area contributed by atoms with Gasteiger partial charge in [-0.1, -0.05) is 25.1 Å². The monoisotopic (exact) mass is 233 g/mol. The third-order valence-corrected chi connectivity index (χ3v) is 2.48. The molecule has 0 bridgehead atoms. The van der Waals surface area contributed by atoms with Crippen molar-refractivity contribution in [3.05, 3.63) is 36.0 Å². The summed E-state index contributed by atoms with van der Waals surface area (Å²) in [5.41, 5.74) is 2.38. The van der Waals surface area contributed by atoms with Crippen LogP contribution in [0, 0.1) is 0 Å². The highest BCUT2D eigenvalue weighted by molar-refractivity contribution is 5.46. The summed E-state index contributed by atoms with van der Waals surface area (Å²) in [6.45, 7) is 10.9. The van der Waals surface area contributed by atoms with Gasteiger partial charge < -0.3 is 10.2 Å². The average molecular weight is 233 g/mol. The standard InChI is InChI=1S/C14H23N3/c1-5-8-15-10-13-7-6-9-16-14(13)17(4)11-12(2)3/h6-7,9,15H,2,5,8,10-11H2,1,3-4H3. The van der Waals surface area contributed by atoms with Gasteiger partial charge in [0, 0.05) is 31.9 Å². The minimum atomic E-state index is 0.845. The van der Waals surface area contributed by atoms with Crippen molar-refractivity contribution in [3.8, 4) is 0 Å². The summed E-state index contributed by atoms with van der Waals surface area (Å²) >= 11 is 0. The maximum Gasteiger partial charge on any atom is 0.133 e. The van der Waals surface area contributed by atoms with Crippen molar-refractivity contribution in [1.29, 1.82) is 0 Å². The zero-order chi connectivity index (χ0) is 12.7. The van der Waals surface area contributed by atoms with Gasteiger partial charge in [0.25, 0.3) is 0 Å². The van der Waals surface area contributed by atoms with E-state index < -0.39 is 0 Å². The number of anilines is 1. The lowest BCUT2D eigenvalue weighted by atomic mass is 10.2. The van der Waals surface area contributed by atoms with Crippen LogP contribution in [0.2, 0.25) is 0 Å². The van der Waals surface area contributed by atoms with Crippen LogP contribution < -0.4 is 10.2 Å². The van der Waals surface area contributed by atoms with Gasteiger partial charge in [-0.3, -0.25) is 0 Å². The van der Waals surface area contributed by atoms with Crippen molar-refractivity contribution >= 4 is 5.82 Å². The van der Waals surface area contributed by atoms with Gasteiger partial charge >= 0.3 is 0 Å². The summed E-state index contributed by atoms with van der Waals surface area (Å²) in [5.74, 6) is 1.04. The van der Waals surface area contributed by atoms with Gasteiger partial charge in [0.2, 0.25) is 0 Å². The van der Waals surface area contributed by atoms with Crippen molar-refractivity contribution in [1.82, 2.24) is 10.3 Å². The van der Waals surface area contributed by atoms with Crippen molar-refractivity contribution in [2.24, 2.45) is 0 Å². The second kappa shape index (κ2) is 7.07. The van der Waals surface area contributed by atoms with Crippen molar-refractivity contribution < 1.29 is 0 Å². The molecule has 3 heteroatoms. The molecule has 0 saturated carbocycles. The summed E-state index contributed by atoms with van der Waals surface area (Å²) in [6, 6.07) is 4.11. The van der Waals surface area contributed by atoms with Crippen LogP contribution in [0.4, 0.5) is 5.82 Å². The Bertz CT molecular complexity index is 360. The highest BCUT2D eigenvalue weighted by Crippen LogP contribution is 2.16. The lowest BCUT2D eigenvalue weighted by molar-refractivity contribution is 0.672. The Kier molecular flexibility index (Phi) is 5.70. The predicted octanol–water partition coefficient (Wildman–Crippen LogP) is 2.59. The molecule has 0 saturated heterocycles. The first-order valence-corrected chi connectivity index (χ1v) is 6.15. The second-order valence-electron chi connectivity index (χ2n) is 4.48. The largest absolute Gasteiger partial charge is 0.355 e. The molecule has 1 rings (SSSR count). The molecule has 94 valence electrons. The Hall–Kier alpha value is -1.35. The van der Waals surface area contributed by atoms with Crippen molar-refractivity contribution in [2.45, 2.75) is 26.8 Å². The van der Waals surface area contributed by atoms with Gasteiger partial charge in [-0.2, -0.15) is 0 Å². The van der Waals surface area contributed by atoms with E-state index in [0.717, 1.165) is 37.4 Å². The number of nitrogens with zero attached hydrogens (tertiary/aromatic N) is 2. The van der Waals surface area contributed by atoms with Crippen LogP contribution in [-0.2, 0) is 6.54 Å². The lowest BCUT2D eigenvalue weighted by Gasteiger charge is -2.21. The molecule has 0 spiro atoms. The first-order chi connectivity index (χ1) is 8.15. The van der Waals surface area contributed by atoms with Gasteiger partial charge in [0.05, 0.1) is 0 Å². The van der Waals surface area contributed by atoms with E-state index in [-0.39, 0.29) is 0 Å². The van der Waals surface area contributed by atoms with E-state index in [9.17, 15) is 0 Å². The smallest absolute Gasteiger partial charge is 0.133 e. The van der Waals surface area contributed by atoms with Crippen LogP contribution in [0.1, 0.15) is 25.8 Å². The van der Waals surface area contributed by atoms with Crippen LogP contribution in [0.25, 0.3) is 0 Å². The number of rotatable bonds is 7. The third kappa shape index (κ3) is 4.57. The highest BCUT2D eigenvalue weighted by Gasteiger charge is 2.07. The normalized spacial score (nSPS) is 10.3. The van der Waals surface area contributed by atoms with Crippen LogP contribution in [0.5, 0.6) is 0 Å². The van der Waals surface area contributed by atoms with Crippen molar-refractivity contribution in [3.63, 3.8) is 0 Å². The van der Waals surface area contributed by atoms with Crippen LogP contribution in [0.3, 0.4) is 0 Å². The molecule has 0 unspecified atom stereocenters. The maximum atomic E-state index is 4.46. The molecule has 1 aromatic rings. The first kappa shape index (κ1) is 13.7. The Morgan fingerprint density at radius 3 is 2.94 bits per heavy atom. The molecule has 1 heterocycles. The average Bonchev–Trinajstić information content (AvgIpc) is 2.29. The molecular weight excluding hydrogens is 210 g/mol. The molecular formula is C14H23N3. The van der Waals surface area contributed by atoms with E-state index in [1.807, 2.05) is 19.2 Å². The Morgan fingerprint density at radius 2 is 2.29 bits per heavy atom. The fourth-order valence-electron chi connectivity index (χ4n) is 1.79. The zero-order valence-electron chi connectivity index (χ0n) is 11.2. The van der Waals surface area contributed by atoms with E-state index in [1.54, 1.807) is 0 Å². The fourth-order valence-corrected chi connectivity index (χ4v) is 1.79. The van der Waals surface area contributed by atoms with E-state index in [1.165, 1.54) is 5.56 Å². The van der Waals surface area contributed by atoms with Gasteiger partial charge in [0.15, 0.2) is 0 Å². The van der Waals surface area contributed by atoms with Crippen LogP contribution in [-0.4, -0.2) is 25.1 Å². The fraction of sp³-hybridized carbons (Fsp3) is 0.500. The first-order valence-electron chi connectivity index (χ1n) is 6.15. The Balaban J connectivity index is 2.72. The van der Waals surface area contributed by atoms with Gasteiger partial charge in [0.1, 0.15) is 5.82 Å². The molecule has 0 fully saturated rings. The topological polar surface area (TPSA) is 28.2 Å². The van der Waals surface area contributed by atoms with E-state index >= 15 is 0 Å². The SMILES string of the molecule is C=C(C)CN(C)c1ncccc1CNCCC. The summed E-state index contributed by atoms with van der Waals surface area (Å²) in [5, 5.41) is 3.41. The minimum Gasteiger partial charge on any atom is -0.355 e. The molecule has 0 aromatic carbocycles. The van der Waals surface area contributed by atoms with Crippen LogP contribution >= 0.6 is 0 Å². The molecule has 0 aliphatic rings. The number of pyridine rings is 1. The molecule has 1 aromatic heterocycles. The Labute approximate surface area is 105 Å². The molecule has 1 N–H and O–H groups in total. The number of hydrogen-bond acceptors (Lipinski definition) is 3. The summed E-state index contributed by atoms with van der Waals surface area (Å²) in [4.78, 5) is 6.60. The van der Waals surface area contributed by atoms with Gasteiger partial charge in [-0.15, -0.1) is 0 Å². The number of nitrogens with one attached hydrogen (secondary N) is 1. The molecule has 17 heavy (non-hydrogen) atoms. The van der Waals surface area contributed by atoms with Crippen molar-refractivity contribution in [2.75, 3.05) is 25.0 Å². The number of hydrogen-bond donors (Lipinski definition) is 1. The summed E-state index contributed by atoms with van der Waals surface area (Å²) < 4.78 is 0. The summed E-state index contributed by atoms with van der Waals surface area (Å²) in [6.07, 6.45) is 2.99. The second-order valence-corrected chi connectivity index (χ2v) is 4.48. The van der Waals surface area contributed by atoms with Crippen LogP contribution in [0.15, 0.2) is 30.5 Å². The molecule has 3 nitrogen and oxygen atoms in total. The Morgan fingerprint density at radius 1 is 1.53 bits per heavy atom. The van der Waals surface area contributed by atoms with E-state index in [0.29, 0.717) is 0 Å².